The van der Waals surface area contributed by atoms with Gasteiger partial charge in [-0.2, -0.15) is 0 Å². The number of hydrogen-bond acceptors (Lipinski definition) is 4. The van der Waals surface area contributed by atoms with Crippen molar-refractivity contribution in [3.8, 4) is 0 Å². The minimum absolute atomic E-state index is 0.391. The first-order valence-electron chi connectivity index (χ1n) is 6.32. The Morgan fingerprint density at radius 1 is 1.24 bits per heavy atom. The van der Waals surface area contributed by atoms with E-state index in [2.05, 4.69) is 25.7 Å². The molecule has 4 nitrogen and oxygen atoms in total. The smallest absolute Gasteiger partial charge is 0.0897 e. The number of rotatable bonds is 12. The Kier molecular flexibility index (Phi) is 11.8. The molecule has 102 valence electrons. The van der Waals surface area contributed by atoms with Gasteiger partial charge in [0.2, 0.25) is 0 Å². The monoisotopic (exact) mass is 245 g/mol. The average Bonchev–Trinajstić information content (AvgIpc) is 2.27. The molecule has 0 fully saturated rings. The Bertz CT molecular complexity index is 174. The maximum atomic E-state index is 9.56. The normalized spacial score (nSPS) is 12.9. The van der Waals surface area contributed by atoms with E-state index in [1.54, 1.807) is 0 Å². The number of aliphatic hydroxyl groups excluding tert-OH is 1. The van der Waals surface area contributed by atoms with E-state index in [9.17, 15) is 5.11 Å². The van der Waals surface area contributed by atoms with Crippen LogP contribution < -0.4 is 5.32 Å². The molecule has 2 N–H and O–H groups in total. The third-order valence-electron chi connectivity index (χ3n) is 2.03. The second-order valence-electron chi connectivity index (χ2n) is 4.48. The molecule has 0 aromatic heterocycles. The molecule has 0 spiro atoms. The molecular formula is C13H27NO3. The zero-order valence-corrected chi connectivity index (χ0v) is 11.2. The quantitative estimate of drug-likeness (QED) is 0.401. The first-order valence-corrected chi connectivity index (χ1v) is 6.32. The Balaban J connectivity index is 3.16. The van der Waals surface area contributed by atoms with Crippen LogP contribution in [0.5, 0.6) is 0 Å². The van der Waals surface area contributed by atoms with E-state index in [0.29, 0.717) is 38.9 Å². The highest BCUT2D eigenvalue weighted by Gasteiger charge is 2.04. The molecule has 0 aliphatic heterocycles. The molecule has 0 aliphatic rings. The molecule has 0 bridgehead atoms. The minimum atomic E-state index is -0.443. The van der Waals surface area contributed by atoms with E-state index >= 15 is 0 Å². The van der Waals surface area contributed by atoms with Gasteiger partial charge in [-0.05, 0) is 12.3 Å². The molecule has 0 heterocycles. The Hall–Kier alpha value is -0.420. The zero-order valence-electron chi connectivity index (χ0n) is 11.2. The van der Waals surface area contributed by atoms with Crippen LogP contribution in [0.1, 0.15) is 20.3 Å². The van der Waals surface area contributed by atoms with Crippen LogP contribution >= 0.6 is 0 Å². The van der Waals surface area contributed by atoms with Crippen molar-refractivity contribution < 1.29 is 14.6 Å². The van der Waals surface area contributed by atoms with Gasteiger partial charge in [0.25, 0.3) is 0 Å². The van der Waals surface area contributed by atoms with Gasteiger partial charge in [-0.25, -0.2) is 0 Å². The lowest BCUT2D eigenvalue weighted by atomic mass is 10.2. The molecular weight excluding hydrogens is 218 g/mol. The Morgan fingerprint density at radius 2 is 2.00 bits per heavy atom. The summed E-state index contributed by atoms with van der Waals surface area (Å²) >= 11 is 0. The van der Waals surface area contributed by atoms with Crippen molar-refractivity contribution in [2.45, 2.75) is 26.4 Å². The molecule has 0 saturated heterocycles. The van der Waals surface area contributed by atoms with Crippen molar-refractivity contribution in [2.24, 2.45) is 5.92 Å². The van der Waals surface area contributed by atoms with Crippen LogP contribution in [0.15, 0.2) is 12.7 Å². The van der Waals surface area contributed by atoms with E-state index < -0.39 is 6.10 Å². The van der Waals surface area contributed by atoms with Crippen molar-refractivity contribution in [1.82, 2.24) is 5.32 Å². The second-order valence-corrected chi connectivity index (χ2v) is 4.48. The third kappa shape index (κ3) is 13.5. The van der Waals surface area contributed by atoms with Gasteiger partial charge in [-0.3, -0.25) is 0 Å². The standard InChI is InChI=1S/C13H27NO3/c1-4-5-7-16-8-6-14-9-13(15)11-17-10-12(2)3/h4,12-15H,1,5-11H2,2-3H3. The van der Waals surface area contributed by atoms with Crippen molar-refractivity contribution in [2.75, 3.05) is 39.5 Å². The van der Waals surface area contributed by atoms with Crippen LogP contribution in [0, 0.1) is 5.92 Å². The summed E-state index contributed by atoms with van der Waals surface area (Å²) in [7, 11) is 0. The fourth-order valence-electron chi connectivity index (χ4n) is 1.18. The van der Waals surface area contributed by atoms with E-state index in [1.807, 2.05) is 6.08 Å². The summed E-state index contributed by atoms with van der Waals surface area (Å²) in [6, 6.07) is 0. The topological polar surface area (TPSA) is 50.7 Å². The van der Waals surface area contributed by atoms with Gasteiger partial charge < -0.3 is 19.9 Å². The number of aliphatic hydroxyl groups is 1. The van der Waals surface area contributed by atoms with Gasteiger partial charge in [0.15, 0.2) is 0 Å². The van der Waals surface area contributed by atoms with Crippen LogP contribution in [0.2, 0.25) is 0 Å². The van der Waals surface area contributed by atoms with E-state index in [-0.39, 0.29) is 0 Å². The van der Waals surface area contributed by atoms with E-state index in [0.717, 1.165) is 13.0 Å². The Morgan fingerprint density at radius 3 is 2.65 bits per heavy atom. The Labute approximate surface area is 105 Å². The molecule has 4 heteroatoms. The molecule has 0 rings (SSSR count). The summed E-state index contributed by atoms with van der Waals surface area (Å²) in [5, 5.41) is 12.7. The van der Waals surface area contributed by atoms with Gasteiger partial charge in [0, 0.05) is 19.7 Å². The molecule has 0 saturated carbocycles. The molecule has 1 unspecified atom stereocenters. The summed E-state index contributed by atoms with van der Waals surface area (Å²) in [5.74, 6) is 0.508. The molecule has 0 aromatic carbocycles. The maximum Gasteiger partial charge on any atom is 0.0897 e. The average molecular weight is 245 g/mol. The molecule has 0 amide bonds. The fraction of sp³-hybridized carbons (Fsp3) is 0.846. The molecule has 0 aliphatic carbocycles. The first-order chi connectivity index (χ1) is 8.16. The summed E-state index contributed by atoms with van der Waals surface area (Å²) < 4.78 is 10.7. The molecule has 17 heavy (non-hydrogen) atoms. The first kappa shape index (κ1) is 16.6. The molecule has 0 radical (unpaired) electrons. The minimum Gasteiger partial charge on any atom is -0.389 e. The van der Waals surface area contributed by atoms with Crippen LogP contribution in [-0.2, 0) is 9.47 Å². The number of ether oxygens (including phenoxy) is 2. The third-order valence-corrected chi connectivity index (χ3v) is 2.03. The zero-order chi connectivity index (χ0) is 12.9. The van der Waals surface area contributed by atoms with Gasteiger partial charge in [-0.1, -0.05) is 19.9 Å². The van der Waals surface area contributed by atoms with Gasteiger partial charge in [-0.15, -0.1) is 6.58 Å². The summed E-state index contributed by atoms with van der Waals surface area (Å²) in [6.45, 7) is 11.5. The van der Waals surface area contributed by atoms with Crippen LogP contribution in [0.3, 0.4) is 0 Å². The van der Waals surface area contributed by atoms with Crippen molar-refractivity contribution in [3.05, 3.63) is 12.7 Å². The van der Waals surface area contributed by atoms with Gasteiger partial charge in [0.05, 0.1) is 25.9 Å². The molecule has 0 aromatic rings. The highest BCUT2D eigenvalue weighted by atomic mass is 16.5. The van der Waals surface area contributed by atoms with Gasteiger partial charge >= 0.3 is 0 Å². The SMILES string of the molecule is C=CCCOCCNCC(O)COCC(C)C. The fourth-order valence-corrected chi connectivity index (χ4v) is 1.18. The second kappa shape index (κ2) is 12.0. The van der Waals surface area contributed by atoms with Crippen molar-refractivity contribution >= 4 is 0 Å². The predicted molar refractivity (Wildman–Crippen MR) is 70.2 cm³/mol. The number of nitrogens with one attached hydrogen (secondary N) is 1. The lowest BCUT2D eigenvalue weighted by Crippen LogP contribution is -2.32. The van der Waals surface area contributed by atoms with E-state index in [4.69, 9.17) is 9.47 Å². The highest BCUT2D eigenvalue weighted by molar-refractivity contribution is 4.64. The maximum absolute atomic E-state index is 9.56. The lowest BCUT2D eigenvalue weighted by molar-refractivity contribution is 0.0252. The van der Waals surface area contributed by atoms with Crippen LogP contribution in [0.25, 0.3) is 0 Å². The summed E-state index contributed by atoms with van der Waals surface area (Å²) in [4.78, 5) is 0. The molecule has 1 atom stereocenters. The predicted octanol–water partition coefficient (Wildman–Crippen LogP) is 1.20. The van der Waals surface area contributed by atoms with Crippen molar-refractivity contribution in [3.63, 3.8) is 0 Å². The highest BCUT2D eigenvalue weighted by Crippen LogP contribution is 1.93. The van der Waals surface area contributed by atoms with Crippen LogP contribution in [-0.4, -0.2) is 50.7 Å². The van der Waals surface area contributed by atoms with Gasteiger partial charge in [0.1, 0.15) is 0 Å². The van der Waals surface area contributed by atoms with Crippen LogP contribution in [0.4, 0.5) is 0 Å². The number of hydrogen-bond donors (Lipinski definition) is 2. The van der Waals surface area contributed by atoms with Crippen molar-refractivity contribution in [1.29, 1.82) is 0 Å². The van der Waals surface area contributed by atoms with E-state index in [1.165, 1.54) is 0 Å². The lowest BCUT2D eigenvalue weighted by Gasteiger charge is -2.13. The largest absolute Gasteiger partial charge is 0.389 e. The summed E-state index contributed by atoms with van der Waals surface area (Å²) in [6.07, 6.45) is 2.27. The summed E-state index contributed by atoms with van der Waals surface area (Å²) in [5.41, 5.74) is 0.